The molecule has 8 heteroatoms. The maximum Gasteiger partial charge on any atom is 0.257 e. The number of nitrogens with zero attached hydrogens (tertiary/aromatic N) is 5. The van der Waals surface area contributed by atoms with Crippen LogP contribution in [0.3, 0.4) is 0 Å². The molecule has 2 atom stereocenters. The lowest BCUT2D eigenvalue weighted by molar-refractivity contribution is 0.0572. The summed E-state index contributed by atoms with van der Waals surface area (Å²) >= 11 is 0. The standard InChI is InChI=1S/C11H13N5O3/c1-6-7(2-12-11-13-5-14-16(6)11)10(19)15-3-8(17)9(18)4-15/h2,5,8-9,17-18H,3-4H2,1H3. The summed E-state index contributed by atoms with van der Waals surface area (Å²) in [5, 5.41) is 23.0. The highest BCUT2D eigenvalue weighted by atomic mass is 16.3. The highest BCUT2D eigenvalue weighted by Crippen LogP contribution is 2.16. The van der Waals surface area contributed by atoms with E-state index in [-0.39, 0.29) is 19.0 Å². The molecule has 0 aliphatic carbocycles. The van der Waals surface area contributed by atoms with E-state index in [1.165, 1.54) is 21.9 Å². The minimum absolute atomic E-state index is 0.120. The fourth-order valence-corrected chi connectivity index (χ4v) is 2.21. The van der Waals surface area contributed by atoms with Crippen LogP contribution in [0.25, 0.3) is 5.78 Å². The molecular weight excluding hydrogens is 250 g/mol. The summed E-state index contributed by atoms with van der Waals surface area (Å²) in [6.07, 6.45) is 1.02. The molecule has 1 fully saturated rings. The summed E-state index contributed by atoms with van der Waals surface area (Å²) in [5.41, 5.74) is 1.02. The second-order valence-electron chi connectivity index (χ2n) is 4.57. The molecule has 3 rings (SSSR count). The molecule has 2 unspecified atom stereocenters. The molecule has 2 N–H and O–H groups in total. The number of β-amino-alcohol motifs (C(OH)–C–C–N with tert-alkyl or cyclic N) is 2. The van der Waals surface area contributed by atoms with Crippen LogP contribution >= 0.6 is 0 Å². The van der Waals surface area contributed by atoms with Gasteiger partial charge < -0.3 is 15.1 Å². The molecule has 1 aliphatic heterocycles. The molecule has 0 radical (unpaired) electrons. The summed E-state index contributed by atoms with van der Waals surface area (Å²) in [4.78, 5) is 21.7. The second-order valence-corrected chi connectivity index (χ2v) is 4.57. The largest absolute Gasteiger partial charge is 0.388 e. The zero-order valence-corrected chi connectivity index (χ0v) is 10.3. The maximum atomic E-state index is 12.3. The van der Waals surface area contributed by atoms with Gasteiger partial charge in [-0.3, -0.25) is 4.79 Å². The number of likely N-dealkylation sites (tertiary alicyclic amines) is 1. The zero-order valence-electron chi connectivity index (χ0n) is 10.3. The van der Waals surface area contributed by atoms with Gasteiger partial charge in [0.2, 0.25) is 0 Å². The van der Waals surface area contributed by atoms with Gasteiger partial charge in [-0.25, -0.2) is 9.50 Å². The first kappa shape index (κ1) is 12.0. The molecule has 1 aliphatic rings. The topological polar surface area (TPSA) is 104 Å². The van der Waals surface area contributed by atoms with E-state index < -0.39 is 12.2 Å². The number of aryl methyl sites for hydroxylation is 1. The van der Waals surface area contributed by atoms with Crippen molar-refractivity contribution in [2.45, 2.75) is 19.1 Å². The molecule has 19 heavy (non-hydrogen) atoms. The van der Waals surface area contributed by atoms with E-state index >= 15 is 0 Å². The number of fused-ring (bicyclic) bond motifs is 1. The fraction of sp³-hybridized carbons (Fsp3) is 0.455. The first-order chi connectivity index (χ1) is 9.08. The van der Waals surface area contributed by atoms with Gasteiger partial charge in [-0.05, 0) is 6.92 Å². The number of aliphatic hydroxyl groups is 2. The summed E-state index contributed by atoms with van der Waals surface area (Å²) in [7, 11) is 0. The van der Waals surface area contributed by atoms with Crippen molar-refractivity contribution in [1.82, 2.24) is 24.5 Å². The van der Waals surface area contributed by atoms with E-state index in [0.717, 1.165) is 0 Å². The Labute approximate surface area is 108 Å². The number of amides is 1. The van der Waals surface area contributed by atoms with Gasteiger partial charge in [0.05, 0.1) is 23.5 Å². The third-order valence-corrected chi connectivity index (χ3v) is 3.32. The SMILES string of the molecule is Cc1c(C(=O)N2CC(O)C(O)C2)cnc2ncnn12. The van der Waals surface area contributed by atoms with E-state index in [1.807, 2.05) is 0 Å². The van der Waals surface area contributed by atoms with Crippen LogP contribution in [0.1, 0.15) is 16.1 Å². The Morgan fingerprint density at radius 2 is 2.00 bits per heavy atom. The maximum absolute atomic E-state index is 12.3. The number of carbonyl (C=O) groups excluding carboxylic acids is 1. The lowest BCUT2D eigenvalue weighted by Crippen LogP contribution is -2.31. The normalized spacial score (nSPS) is 23.2. The van der Waals surface area contributed by atoms with Crippen LogP contribution in [0.4, 0.5) is 0 Å². The molecule has 3 heterocycles. The smallest absolute Gasteiger partial charge is 0.257 e. The van der Waals surface area contributed by atoms with Crippen molar-refractivity contribution in [3.63, 3.8) is 0 Å². The van der Waals surface area contributed by atoms with E-state index in [9.17, 15) is 15.0 Å². The van der Waals surface area contributed by atoms with Gasteiger partial charge in [0.25, 0.3) is 11.7 Å². The van der Waals surface area contributed by atoms with Crippen LogP contribution in [0.15, 0.2) is 12.5 Å². The molecule has 2 aromatic rings. The summed E-state index contributed by atoms with van der Waals surface area (Å²) in [5.74, 6) is 0.147. The van der Waals surface area contributed by atoms with Crippen molar-refractivity contribution in [1.29, 1.82) is 0 Å². The van der Waals surface area contributed by atoms with Gasteiger partial charge in [-0.15, -0.1) is 0 Å². The second kappa shape index (κ2) is 4.25. The average Bonchev–Trinajstić information content (AvgIpc) is 2.97. The predicted molar refractivity (Wildman–Crippen MR) is 63.4 cm³/mol. The summed E-state index contributed by atoms with van der Waals surface area (Å²) in [6, 6.07) is 0. The molecule has 1 saturated heterocycles. The van der Waals surface area contributed by atoms with E-state index in [4.69, 9.17) is 0 Å². The first-order valence-electron chi connectivity index (χ1n) is 5.88. The van der Waals surface area contributed by atoms with Crippen molar-refractivity contribution in [2.75, 3.05) is 13.1 Å². The van der Waals surface area contributed by atoms with E-state index in [2.05, 4.69) is 15.1 Å². The van der Waals surface area contributed by atoms with E-state index in [0.29, 0.717) is 17.0 Å². The monoisotopic (exact) mass is 263 g/mol. The van der Waals surface area contributed by atoms with Gasteiger partial charge in [0.15, 0.2) is 0 Å². The predicted octanol–water partition coefficient (Wildman–Crippen LogP) is -1.39. The van der Waals surface area contributed by atoms with Crippen LogP contribution in [0, 0.1) is 6.92 Å². The first-order valence-corrected chi connectivity index (χ1v) is 5.88. The Hall–Kier alpha value is -2.06. The van der Waals surface area contributed by atoms with Crippen molar-refractivity contribution < 1.29 is 15.0 Å². The highest BCUT2D eigenvalue weighted by Gasteiger charge is 2.33. The zero-order chi connectivity index (χ0) is 13.6. The van der Waals surface area contributed by atoms with Crippen molar-refractivity contribution in [3.05, 3.63) is 23.8 Å². The quantitative estimate of drug-likeness (QED) is 0.656. The average molecular weight is 263 g/mol. The van der Waals surface area contributed by atoms with Crippen molar-refractivity contribution in [3.8, 4) is 0 Å². The number of hydrogen-bond donors (Lipinski definition) is 2. The molecule has 0 bridgehead atoms. The molecule has 8 nitrogen and oxygen atoms in total. The number of hydrogen-bond acceptors (Lipinski definition) is 6. The Bertz CT molecular complexity index is 630. The molecule has 2 aromatic heterocycles. The van der Waals surface area contributed by atoms with Gasteiger partial charge in [-0.1, -0.05) is 0 Å². The molecule has 0 aromatic carbocycles. The molecule has 0 spiro atoms. The Kier molecular flexibility index (Phi) is 2.68. The Morgan fingerprint density at radius 1 is 1.32 bits per heavy atom. The van der Waals surface area contributed by atoms with Crippen LogP contribution in [-0.2, 0) is 0 Å². The Balaban J connectivity index is 1.96. The molecule has 1 amide bonds. The highest BCUT2D eigenvalue weighted by molar-refractivity contribution is 5.95. The van der Waals surface area contributed by atoms with Gasteiger partial charge in [-0.2, -0.15) is 10.1 Å². The van der Waals surface area contributed by atoms with E-state index in [1.54, 1.807) is 6.92 Å². The number of aromatic nitrogens is 4. The third-order valence-electron chi connectivity index (χ3n) is 3.32. The molecular formula is C11H13N5O3. The van der Waals surface area contributed by atoms with Crippen molar-refractivity contribution >= 4 is 11.7 Å². The molecule has 0 saturated carbocycles. The van der Waals surface area contributed by atoms with Gasteiger partial charge >= 0.3 is 0 Å². The molecule has 100 valence electrons. The van der Waals surface area contributed by atoms with Crippen LogP contribution in [-0.4, -0.2) is 65.9 Å². The number of rotatable bonds is 1. The number of carbonyl (C=O) groups is 1. The van der Waals surface area contributed by atoms with Crippen molar-refractivity contribution in [2.24, 2.45) is 0 Å². The number of aliphatic hydroxyl groups excluding tert-OH is 2. The van der Waals surface area contributed by atoms with Gasteiger partial charge in [0, 0.05) is 19.3 Å². The van der Waals surface area contributed by atoms with Crippen LogP contribution in [0.5, 0.6) is 0 Å². The minimum atomic E-state index is -0.896. The lowest BCUT2D eigenvalue weighted by atomic mass is 10.2. The third kappa shape index (κ3) is 1.85. The van der Waals surface area contributed by atoms with Gasteiger partial charge in [0.1, 0.15) is 6.33 Å². The lowest BCUT2D eigenvalue weighted by Gasteiger charge is -2.16. The Morgan fingerprint density at radius 3 is 2.68 bits per heavy atom. The summed E-state index contributed by atoms with van der Waals surface area (Å²) in [6.45, 7) is 1.99. The van der Waals surface area contributed by atoms with Crippen LogP contribution in [0.2, 0.25) is 0 Å². The minimum Gasteiger partial charge on any atom is -0.388 e. The van der Waals surface area contributed by atoms with Crippen LogP contribution < -0.4 is 0 Å². The summed E-state index contributed by atoms with van der Waals surface area (Å²) < 4.78 is 1.48. The fourth-order valence-electron chi connectivity index (χ4n) is 2.21.